The van der Waals surface area contributed by atoms with Crippen LogP contribution in [0.1, 0.15) is 36.0 Å². The van der Waals surface area contributed by atoms with E-state index >= 15 is 0 Å². The first-order valence-corrected chi connectivity index (χ1v) is 7.18. The van der Waals surface area contributed by atoms with E-state index in [1.807, 2.05) is 11.9 Å². The number of nitrogens with one attached hydrogen (secondary N) is 1. The molecule has 0 aromatic heterocycles. The average molecular weight is 297 g/mol. The lowest BCUT2D eigenvalue weighted by Gasteiger charge is -2.31. The van der Waals surface area contributed by atoms with Gasteiger partial charge in [-0.05, 0) is 69.5 Å². The topological polar surface area (TPSA) is 32.3 Å². The maximum Gasteiger partial charge on any atom is 0.227 e. The predicted octanol–water partition coefficient (Wildman–Crippen LogP) is 3.00. The Morgan fingerprint density at radius 2 is 2.10 bits per heavy atom. The van der Waals surface area contributed by atoms with E-state index in [-0.39, 0.29) is 18.3 Å². The molecule has 0 fully saturated rings. The number of anilines is 1. The van der Waals surface area contributed by atoms with Crippen LogP contribution < -0.4 is 10.2 Å². The van der Waals surface area contributed by atoms with Crippen LogP contribution in [0.3, 0.4) is 0 Å². The van der Waals surface area contributed by atoms with Gasteiger partial charge in [-0.1, -0.05) is 6.07 Å². The van der Waals surface area contributed by atoms with Gasteiger partial charge in [0.2, 0.25) is 5.91 Å². The van der Waals surface area contributed by atoms with Crippen LogP contribution in [0.15, 0.2) is 12.1 Å². The Morgan fingerprint density at radius 3 is 2.80 bits per heavy atom. The normalized spacial score (nSPS) is 13.7. The van der Waals surface area contributed by atoms with Crippen LogP contribution in [0.4, 0.5) is 5.69 Å². The molecule has 3 nitrogen and oxygen atoms in total. The Kier molecular flexibility index (Phi) is 6.50. The molecule has 1 aromatic rings. The fraction of sp³-hybridized carbons (Fsp3) is 0.562. The molecule has 1 aliphatic rings. The lowest BCUT2D eigenvalue weighted by Crippen LogP contribution is -2.36. The minimum absolute atomic E-state index is 0. The zero-order chi connectivity index (χ0) is 13.8. The highest BCUT2D eigenvalue weighted by atomic mass is 35.5. The Labute approximate surface area is 128 Å². The number of nitrogens with zero attached hydrogens (tertiary/aromatic N) is 1. The van der Waals surface area contributed by atoms with E-state index in [0.717, 1.165) is 38.0 Å². The molecule has 1 heterocycles. The van der Waals surface area contributed by atoms with Crippen LogP contribution >= 0.6 is 12.4 Å². The van der Waals surface area contributed by atoms with Crippen molar-refractivity contribution in [2.75, 3.05) is 25.0 Å². The second kappa shape index (κ2) is 7.65. The Hall–Kier alpha value is -1.06. The highest BCUT2D eigenvalue weighted by molar-refractivity contribution is 5.94. The van der Waals surface area contributed by atoms with Gasteiger partial charge in [0.25, 0.3) is 0 Å². The van der Waals surface area contributed by atoms with Crippen LogP contribution in [0.2, 0.25) is 0 Å². The lowest BCUT2D eigenvalue weighted by atomic mass is 9.95. The van der Waals surface area contributed by atoms with Crippen LogP contribution in [-0.2, 0) is 11.2 Å². The number of hydrogen-bond donors (Lipinski definition) is 1. The van der Waals surface area contributed by atoms with Gasteiger partial charge in [-0.2, -0.15) is 0 Å². The van der Waals surface area contributed by atoms with Crippen molar-refractivity contribution >= 4 is 24.0 Å². The average Bonchev–Trinajstić information content (AvgIpc) is 2.38. The molecule has 0 spiro atoms. The summed E-state index contributed by atoms with van der Waals surface area (Å²) in [5.41, 5.74) is 5.07. The number of fused-ring (bicyclic) bond motifs is 1. The number of carbonyl (C=O) groups excluding carboxylic acids is 1. The second-order valence-electron chi connectivity index (χ2n) is 5.44. The Bertz CT molecular complexity index is 474. The third-order valence-electron chi connectivity index (χ3n) is 3.81. The minimum Gasteiger partial charge on any atom is -0.320 e. The first kappa shape index (κ1) is 17.0. The number of rotatable bonds is 4. The second-order valence-corrected chi connectivity index (χ2v) is 5.44. The van der Waals surface area contributed by atoms with E-state index < -0.39 is 0 Å². The molecule has 0 unspecified atom stereocenters. The van der Waals surface area contributed by atoms with E-state index in [9.17, 15) is 4.79 Å². The van der Waals surface area contributed by atoms with Crippen LogP contribution in [-0.4, -0.2) is 26.0 Å². The summed E-state index contributed by atoms with van der Waals surface area (Å²) in [6.07, 6.45) is 3.72. The number of benzene rings is 1. The Balaban J connectivity index is 0.00000200. The maximum absolute atomic E-state index is 12.4. The van der Waals surface area contributed by atoms with Crippen molar-refractivity contribution in [1.29, 1.82) is 0 Å². The molecule has 4 heteroatoms. The number of carbonyl (C=O) groups is 1. The van der Waals surface area contributed by atoms with E-state index in [2.05, 4.69) is 31.3 Å². The van der Waals surface area contributed by atoms with Gasteiger partial charge < -0.3 is 10.2 Å². The Morgan fingerprint density at radius 1 is 1.35 bits per heavy atom. The SMILES string of the molecule is CNCCCC(=O)N1CCCc2c(C)cc(C)cc21.Cl. The molecule has 1 N–H and O–H groups in total. The van der Waals surface area contributed by atoms with E-state index in [1.165, 1.54) is 16.7 Å². The van der Waals surface area contributed by atoms with Gasteiger partial charge in [-0.25, -0.2) is 0 Å². The molecule has 112 valence electrons. The van der Waals surface area contributed by atoms with Crippen molar-refractivity contribution < 1.29 is 4.79 Å². The molecule has 0 radical (unpaired) electrons. The molecular formula is C16H25ClN2O. The molecule has 0 saturated carbocycles. The van der Waals surface area contributed by atoms with Crippen LogP contribution in [0.25, 0.3) is 0 Å². The third kappa shape index (κ3) is 3.74. The largest absolute Gasteiger partial charge is 0.320 e. The van der Waals surface area contributed by atoms with Gasteiger partial charge in [-0.3, -0.25) is 4.79 Å². The van der Waals surface area contributed by atoms with Crippen molar-refractivity contribution in [1.82, 2.24) is 5.32 Å². The van der Waals surface area contributed by atoms with Gasteiger partial charge in [-0.15, -0.1) is 12.4 Å². The zero-order valence-electron chi connectivity index (χ0n) is 12.7. The highest BCUT2D eigenvalue weighted by Gasteiger charge is 2.23. The molecule has 20 heavy (non-hydrogen) atoms. The maximum atomic E-state index is 12.4. The molecule has 2 rings (SSSR count). The van der Waals surface area contributed by atoms with Crippen LogP contribution in [0.5, 0.6) is 0 Å². The summed E-state index contributed by atoms with van der Waals surface area (Å²) < 4.78 is 0. The summed E-state index contributed by atoms with van der Waals surface area (Å²) in [4.78, 5) is 14.4. The van der Waals surface area contributed by atoms with Crippen molar-refractivity contribution in [3.05, 3.63) is 28.8 Å². The van der Waals surface area contributed by atoms with Crippen molar-refractivity contribution in [3.63, 3.8) is 0 Å². The van der Waals surface area contributed by atoms with Crippen molar-refractivity contribution in [3.8, 4) is 0 Å². The van der Waals surface area contributed by atoms with Gasteiger partial charge in [0, 0.05) is 18.7 Å². The molecule has 0 bridgehead atoms. The fourth-order valence-corrected chi connectivity index (χ4v) is 2.89. The van der Waals surface area contributed by atoms with E-state index in [4.69, 9.17) is 0 Å². The third-order valence-corrected chi connectivity index (χ3v) is 3.81. The van der Waals surface area contributed by atoms with Crippen LogP contribution in [0, 0.1) is 13.8 Å². The summed E-state index contributed by atoms with van der Waals surface area (Å²) in [6.45, 7) is 6.03. The first-order valence-electron chi connectivity index (χ1n) is 7.18. The molecule has 1 amide bonds. The molecule has 1 aliphatic heterocycles. The van der Waals surface area contributed by atoms with E-state index in [0.29, 0.717) is 6.42 Å². The number of aryl methyl sites for hydroxylation is 2. The molecule has 1 aromatic carbocycles. The highest BCUT2D eigenvalue weighted by Crippen LogP contribution is 2.31. The number of halogens is 1. The summed E-state index contributed by atoms with van der Waals surface area (Å²) in [5, 5.41) is 3.09. The molecule has 0 saturated heterocycles. The minimum atomic E-state index is 0. The van der Waals surface area contributed by atoms with Gasteiger partial charge >= 0.3 is 0 Å². The number of amides is 1. The quantitative estimate of drug-likeness (QED) is 0.866. The predicted molar refractivity (Wildman–Crippen MR) is 87.0 cm³/mol. The fourth-order valence-electron chi connectivity index (χ4n) is 2.89. The van der Waals surface area contributed by atoms with Crippen molar-refractivity contribution in [2.45, 2.75) is 39.5 Å². The smallest absolute Gasteiger partial charge is 0.227 e. The van der Waals surface area contributed by atoms with Gasteiger partial charge in [0.05, 0.1) is 0 Å². The summed E-state index contributed by atoms with van der Waals surface area (Å²) in [6, 6.07) is 4.38. The lowest BCUT2D eigenvalue weighted by molar-refractivity contribution is -0.118. The van der Waals surface area contributed by atoms with E-state index in [1.54, 1.807) is 0 Å². The summed E-state index contributed by atoms with van der Waals surface area (Å²) in [7, 11) is 1.92. The first-order chi connectivity index (χ1) is 9.13. The van der Waals surface area contributed by atoms with Gasteiger partial charge in [0.1, 0.15) is 0 Å². The number of hydrogen-bond acceptors (Lipinski definition) is 2. The van der Waals surface area contributed by atoms with Crippen molar-refractivity contribution in [2.24, 2.45) is 0 Å². The monoisotopic (exact) mass is 296 g/mol. The molecule has 0 aliphatic carbocycles. The standard InChI is InChI=1S/C16H24N2O.ClH/c1-12-10-13(2)14-6-5-9-18(15(14)11-12)16(19)7-4-8-17-3;/h10-11,17H,4-9H2,1-3H3;1H. The summed E-state index contributed by atoms with van der Waals surface area (Å²) >= 11 is 0. The van der Waals surface area contributed by atoms with Gasteiger partial charge in [0.15, 0.2) is 0 Å². The molecular weight excluding hydrogens is 272 g/mol. The summed E-state index contributed by atoms with van der Waals surface area (Å²) in [5.74, 6) is 0.265. The zero-order valence-corrected chi connectivity index (χ0v) is 13.5. The molecule has 0 atom stereocenters.